The Kier molecular flexibility index (Phi) is 1.90. The average molecular weight is 195 g/mol. The smallest absolute Gasteiger partial charge is 0.335 e. The Balaban J connectivity index is 3.51. The fourth-order valence-electron chi connectivity index (χ4n) is 0.687. The van der Waals surface area contributed by atoms with Crippen LogP contribution in [0.25, 0.3) is 0 Å². The number of nitrogens with zero attached hydrogens (tertiary/aromatic N) is 1. The molecule has 0 aliphatic rings. The molecule has 13 heavy (non-hydrogen) atoms. The Bertz CT molecular complexity index is 430. The molecule has 0 aliphatic heterocycles. The molecule has 0 fully saturated rings. The minimum Gasteiger partial charge on any atom is -0.335 e. The predicted molar refractivity (Wildman–Crippen MR) is 36.5 cm³/mol. The lowest BCUT2D eigenvalue weighted by Gasteiger charge is -2.05. The van der Waals surface area contributed by atoms with E-state index < -0.39 is 23.0 Å². The van der Waals surface area contributed by atoms with Crippen molar-refractivity contribution in [2.75, 3.05) is 5.84 Å². The summed E-state index contributed by atoms with van der Waals surface area (Å²) in [4.78, 5) is 22.5. The van der Waals surface area contributed by atoms with Gasteiger partial charge in [0.2, 0.25) is 0 Å². The van der Waals surface area contributed by atoms with Crippen LogP contribution in [0.3, 0.4) is 0 Å². The van der Waals surface area contributed by atoms with Crippen LogP contribution in [0.5, 0.6) is 0 Å². The number of nitrogens with two attached hydrogens (primary N) is 1. The second-order valence-electron chi connectivity index (χ2n) is 2.21. The van der Waals surface area contributed by atoms with E-state index in [1.54, 1.807) is 0 Å². The number of nitrogen functional groups attached to an aromatic ring is 1. The number of alkyl halides is 3. The first-order valence-corrected chi connectivity index (χ1v) is 3.00. The van der Waals surface area contributed by atoms with Crippen molar-refractivity contribution in [3.63, 3.8) is 0 Å². The fraction of sp³-hybridized carbons (Fsp3) is 0.200. The Hall–Kier alpha value is -1.73. The molecule has 3 N–H and O–H groups in total. The van der Waals surface area contributed by atoms with Crippen LogP contribution in [0.2, 0.25) is 0 Å². The van der Waals surface area contributed by atoms with Crippen molar-refractivity contribution in [2.45, 2.75) is 6.18 Å². The van der Waals surface area contributed by atoms with Crippen LogP contribution in [0, 0.1) is 0 Å². The van der Waals surface area contributed by atoms with E-state index in [4.69, 9.17) is 5.84 Å². The molecule has 1 aromatic heterocycles. The van der Waals surface area contributed by atoms with E-state index in [2.05, 4.69) is 0 Å². The molecule has 8 heteroatoms. The molecule has 0 aromatic carbocycles. The standard InChI is InChI=1S/C5H4F3N3O2/c6-5(7,8)2-1-11(9)4(13)10-3(2)12/h1H,9H2,(H,10,12,13). The van der Waals surface area contributed by atoms with Gasteiger partial charge < -0.3 is 5.84 Å². The zero-order valence-corrected chi connectivity index (χ0v) is 6.05. The minimum atomic E-state index is -4.82. The highest BCUT2D eigenvalue weighted by atomic mass is 19.4. The molecule has 0 atom stereocenters. The average Bonchev–Trinajstić information content (AvgIpc) is 1.94. The molecule has 72 valence electrons. The van der Waals surface area contributed by atoms with Crippen LogP contribution < -0.4 is 17.1 Å². The van der Waals surface area contributed by atoms with Gasteiger partial charge >= 0.3 is 11.9 Å². The first kappa shape index (κ1) is 9.36. The third kappa shape index (κ3) is 1.71. The zero-order valence-electron chi connectivity index (χ0n) is 6.05. The van der Waals surface area contributed by atoms with Gasteiger partial charge in [0.1, 0.15) is 5.56 Å². The van der Waals surface area contributed by atoms with Crippen molar-refractivity contribution in [3.8, 4) is 0 Å². The summed E-state index contributed by atoms with van der Waals surface area (Å²) in [6, 6.07) is 0. The molecule has 1 heterocycles. The summed E-state index contributed by atoms with van der Waals surface area (Å²) in [5, 5.41) is 0. The van der Waals surface area contributed by atoms with E-state index in [1.807, 2.05) is 0 Å². The van der Waals surface area contributed by atoms with Crippen molar-refractivity contribution in [2.24, 2.45) is 0 Å². The van der Waals surface area contributed by atoms with Gasteiger partial charge in [-0.1, -0.05) is 0 Å². The van der Waals surface area contributed by atoms with Crippen LogP contribution in [0.15, 0.2) is 15.8 Å². The van der Waals surface area contributed by atoms with Crippen LogP contribution in [-0.2, 0) is 6.18 Å². The molecular weight excluding hydrogens is 191 g/mol. The highest BCUT2D eigenvalue weighted by molar-refractivity contribution is 5.08. The Labute approximate surface area is 68.6 Å². The summed E-state index contributed by atoms with van der Waals surface area (Å²) < 4.78 is 36.1. The van der Waals surface area contributed by atoms with Crippen molar-refractivity contribution in [1.82, 2.24) is 9.66 Å². The molecule has 0 saturated carbocycles. The van der Waals surface area contributed by atoms with Gasteiger partial charge in [-0.05, 0) is 0 Å². The number of nitrogens with one attached hydrogen (secondary N) is 1. The van der Waals surface area contributed by atoms with E-state index in [9.17, 15) is 22.8 Å². The third-order valence-electron chi connectivity index (χ3n) is 1.27. The van der Waals surface area contributed by atoms with E-state index in [0.717, 1.165) is 0 Å². The number of rotatable bonds is 0. The molecule has 0 aliphatic carbocycles. The lowest BCUT2D eigenvalue weighted by Crippen LogP contribution is -2.37. The number of aromatic nitrogens is 2. The van der Waals surface area contributed by atoms with Crippen molar-refractivity contribution in [1.29, 1.82) is 0 Å². The van der Waals surface area contributed by atoms with Crippen LogP contribution >= 0.6 is 0 Å². The molecule has 1 aromatic rings. The summed E-state index contributed by atoms with van der Waals surface area (Å²) >= 11 is 0. The fourth-order valence-corrected chi connectivity index (χ4v) is 0.687. The number of hydrogen-bond donors (Lipinski definition) is 2. The topological polar surface area (TPSA) is 80.9 Å². The molecule has 1 rings (SSSR count). The summed E-state index contributed by atoms with van der Waals surface area (Å²) in [6.07, 6.45) is -4.58. The minimum absolute atomic E-state index is 0.157. The maximum absolute atomic E-state index is 12.0. The van der Waals surface area contributed by atoms with E-state index in [-0.39, 0.29) is 10.9 Å². The van der Waals surface area contributed by atoms with Crippen molar-refractivity contribution in [3.05, 3.63) is 32.6 Å². The normalized spacial score (nSPS) is 11.6. The zero-order chi connectivity index (χ0) is 10.2. The summed E-state index contributed by atoms with van der Waals surface area (Å²) in [7, 11) is 0. The Morgan fingerprint density at radius 2 is 1.92 bits per heavy atom. The monoisotopic (exact) mass is 195 g/mol. The second kappa shape index (κ2) is 2.64. The molecule has 5 nitrogen and oxygen atoms in total. The molecule has 0 radical (unpaired) electrons. The van der Waals surface area contributed by atoms with Crippen LogP contribution in [0.1, 0.15) is 5.56 Å². The number of hydrogen-bond acceptors (Lipinski definition) is 3. The Morgan fingerprint density at radius 3 is 2.38 bits per heavy atom. The molecular formula is C5H4F3N3O2. The SMILES string of the molecule is Nn1cc(C(F)(F)F)c(=O)[nH]c1=O. The number of halogens is 3. The lowest BCUT2D eigenvalue weighted by atomic mass is 10.3. The molecule has 0 saturated heterocycles. The van der Waals surface area contributed by atoms with Gasteiger partial charge in [-0.15, -0.1) is 0 Å². The van der Waals surface area contributed by atoms with E-state index >= 15 is 0 Å². The lowest BCUT2D eigenvalue weighted by molar-refractivity contribution is -0.139. The quantitative estimate of drug-likeness (QED) is 0.535. The summed E-state index contributed by atoms with van der Waals surface area (Å²) in [5.74, 6) is 4.82. The third-order valence-corrected chi connectivity index (χ3v) is 1.27. The van der Waals surface area contributed by atoms with Crippen LogP contribution in [-0.4, -0.2) is 9.66 Å². The molecule has 0 spiro atoms. The van der Waals surface area contributed by atoms with Gasteiger partial charge in [-0.3, -0.25) is 9.78 Å². The number of H-pyrrole nitrogens is 1. The first-order valence-electron chi connectivity index (χ1n) is 3.00. The van der Waals surface area contributed by atoms with Gasteiger partial charge in [-0.25, -0.2) is 9.47 Å². The highest BCUT2D eigenvalue weighted by Gasteiger charge is 2.34. The Morgan fingerprint density at radius 1 is 1.38 bits per heavy atom. The van der Waals surface area contributed by atoms with Gasteiger partial charge in [0.15, 0.2) is 0 Å². The largest absolute Gasteiger partial charge is 0.423 e. The van der Waals surface area contributed by atoms with Gasteiger partial charge in [0.05, 0.1) is 0 Å². The van der Waals surface area contributed by atoms with Gasteiger partial charge in [-0.2, -0.15) is 13.2 Å². The van der Waals surface area contributed by atoms with E-state index in [1.165, 1.54) is 4.98 Å². The first-order chi connectivity index (χ1) is 5.82. The van der Waals surface area contributed by atoms with Gasteiger partial charge in [0.25, 0.3) is 5.56 Å². The maximum atomic E-state index is 12.0. The molecule has 0 bridgehead atoms. The van der Waals surface area contributed by atoms with Crippen molar-refractivity contribution < 1.29 is 13.2 Å². The maximum Gasteiger partial charge on any atom is 0.423 e. The second-order valence-corrected chi connectivity index (χ2v) is 2.21. The summed E-state index contributed by atoms with van der Waals surface area (Å²) in [5.41, 5.74) is -4.10. The van der Waals surface area contributed by atoms with Crippen LogP contribution in [0.4, 0.5) is 13.2 Å². The molecule has 0 amide bonds. The van der Waals surface area contributed by atoms with E-state index in [0.29, 0.717) is 0 Å². The number of aromatic amines is 1. The summed E-state index contributed by atoms with van der Waals surface area (Å²) in [6.45, 7) is 0. The molecule has 0 unspecified atom stereocenters. The van der Waals surface area contributed by atoms with Gasteiger partial charge in [0, 0.05) is 6.20 Å². The van der Waals surface area contributed by atoms with Crippen molar-refractivity contribution >= 4 is 0 Å². The highest BCUT2D eigenvalue weighted by Crippen LogP contribution is 2.25. The predicted octanol–water partition coefficient (Wildman–Crippen LogP) is -0.731.